The third kappa shape index (κ3) is 6.50. The molecule has 6 nitrogen and oxygen atoms in total. The van der Waals surface area contributed by atoms with Gasteiger partial charge in [0, 0.05) is 13.1 Å². The van der Waals surface area contributed by atoms with Crippen molar-refractivity contribution in [3.8, 4) is 0 Å². The van der Waals surface area contributed by atoms with Crippen LogP contribution in [0.4, 0.5) is 5.69 Å². The van der Waals surface area contributed by atoms with Gasteiger partial charge in [-0.1, -0.05) is 37.5 Å². The van der Waals surface area contributed by atoms with Crippen LogP contribution in [0.15, 0.2) is 24.3 Å². The minimum Gasteiger partial charge on any atom is -0.353 e. The maximum atomic E-state index is 12.8. The number of likely N-dealkylation sites (tertiary alicyclic amines) is 1. The van der Waals surface area contributed by atoms with E-state index in [1.165, 1.54) is 30.0 Å². The molecule has 0 aliphatic carbocycles. The highest BCUT2D eigenvalue weighted by atomic mass is 32.2. The number of hydrogen-bond acceptors (Lipinski definition) is 4. The molecule has 27 heavy (non-hydrogen) atoms. The smallest absolute Gasteiger partial charge is 0.243 e. The Morgan fingerprint density at radius 1 is 1.15 bits per heavy atom. The van der Waals surface area contributed by atoms with E-state index in [4.69, 9.17) is 0 Å². The molecule has 2 rings (SSSR count). The summed E-state index contributed by atoms with van der Waals surface area (Å²) in [6, 6.07) is 6.48. The quantitative estimate of drug-likeness (QED) is 0.734. The molecular weight excluding hydrogens is 362 g/mol. The van der Waals surface area contributed by atoms with E-state index in [-0.39, 0.29) is 5.91 Å². The van der Waals surface area contributed by atoms with Crippen molar-refractivity contribution >= 4 is 21.6 Å². The van der Waals surface area contributed by atoms with Crippen molar-refractivity contribution in [1.29, 1.82) is 0 Å². The van der Waals surface area contributed by atoms with Gasteiger partial charge in [0.05, 0.1) is 11.9 Å². The van der Waals surface area contributed by atoms with Crippen molar-refractivity contribution < 1.29 is 13.2 Å². The summed E-state index contributed by atoms with van der Waals surface area (Å²) in [7, 11) is -3.58. The highest BCUT2D eigenvalue weighted by Crippen LogP contribution is 2.23. The molecule has 1 aliphatic rings. The largest absolute Gasteiger partial charge is 0.353 e. The standard InChI is InChI=1S/C20H33N3O3S/c1-4-19(20(24)21-13-16-22-14-7-5-6-8-15-22)23(27(3,25)26)18-11-9-17(2)10-12-18/h9-12,19H,4-8,13-16H2,1-3H3,(H,21,24). The summed E-state index contributed by atoms with van der Waals surface area (Å²) in [6.07, 6.45) is 6.54. The number of carbonyl (C=O) groups is 1. The number of carbonyl (C=O) groups excluding carboxylic acids is 1. The van der Waals surface area contributed by atoms with Crippen LogP contribution < -0.4 is 9.62 Å². The van der Waals surface area contributed by atoms with Crippen molar-refractivity contribution in [2.24, 2.45) is 0 Å². The van der Waals surface area contributed by atoms with Crippen molar-refractivity contribution in [3.63, 3.8) is 0 Å². The zero-order valence-corrected chi connectivity index (χ0v) is 17.6. The lowest BCUT2D eigenvalue weighted by molar-refractivity contribution is -0.122. The van der Waals surface area contributed by atoms with Gasteiger partial charge in [0.1, 0.15) is 6.04 Å². The number of nitrogens with one attached hydrogen (secondary N) is 1. The van der Waals surface area contributed by atoms with Crippen LogP contribution in [0.25, 0.3) is 0 Å². The Morgan fingerprint density at radius 2 is 1.74 bits per heavy atom. The zero-order chi connectivity index (χ0) is 19.9. The maximum Gasteiger partial charge on any atom is 0.243 e. The highest BCUT2D eigenvalue weighted by molar-refractivity contribution is 7.92. The molecule has 7 heteroatoms. The van der Waals surface area contributed by atoms with Gasteiger partial charge in [-0.05, 0) is 51.4 Å². The number of benzene rings is 1. The Morgan fingerprint density at radius 3 is 2.26 bits per heavy atom. The van der Waals surface area contributed by atoms with E-state index in [2.05, 4.69) is 10.2 Å². The minimum absolute atomic E-state index is 0.238. The van der Waals surface area contributed by atoms with Crippen LogP contribution in [0.1, 0.15) is 44.6 Å². The summed E-state index contributed by atoms with van der Waals surface area (Å²) in [5.74, 6) is -0.238. The van der Waals surface area contributed by atoms with Crippen LogP contribution in [0.2, 0.25) is 0 Å². The molecule has 0 bridgehead atoms. The lowest BCUT2D eigenvalue weighted by atomic mass is 10.1. The number of nitrogens with zero attached hydrogens (tertiary/aromatic N) is 2. The van der Waals surface area contributed by atoms with Crippen LogP contribution in [0.3, 0.4) is 0 Å². The van der Waals surface area contributed by atoms with Gasteiger partial charge in [-0.15, -0.1) is 0 Å². The number of rotatable bonds is 8. The number of sulfonamides is 1. The Hall–Kier alpha value is -1.60. The van der Waals surface area contributed by atoms with Crippen LogP contribution in [0, 0.1) is 6.92 Å². The normalized spacial score (nSPS) is 17.1. The Labute approximate surface area is 164 Å². The summed E-state index contributed by atoms with van der Waals surface area (Å²) in [6.45, 7) is 7.29. The number of hydrogen-bond donors (Lipinski definition) is 1. The Balaban J connectivity index is 2.04. The van der Waals surface area contributed by atoms with E-state index < -0.39 is 16.1 Å². The average Bonchev–Trinajstić information content (AvgIpc) is 2.88. The fourth-order valence-corrected chi connectivity index (χ4v) is 4.78. The van der Waals surface area contributed by atoms with E-state index in [1.54, 1.807) is 12.1 Å². The van der Waals surface area contributed by atoms with E-state index in [0.29, 0.717) is 18.7 Å². The van der Waals surface area contributed by atoms with Gasteiger partial charge in [-0.3, -0.25) is 9.10 Å². The first kappa shape index (κ1) is 21.7. The van der Waals surface area contributed by atoms with Crippen LogP contribution in [0.5, 0.6) is 0 Å². The van der Waals surface area contributed by atoms with Crippen LogP contribution in [-0.4, -0.2) is 57.7 Å². The molecule has 0 aromatic heterocycles. The molecular formula is C20H33N3O3S. The molecule has 152 valence electrons. The SMILES string of the molecule is CCC(C(=O)NCCN1CCCCCC1)N(c1ccc(C)cc1)S(C)(=O)=O. The van der Waals surface area contributed by atoms with Gasteiger partial charge in [0.25, 0.3) is 0 Å². The fraction of sp³-hybridized carbons (Fsp3) is 0.650. The predicted molar refractivity (Wildman–Crippen MR) is 110 cm³/mol. The summed E-state index contributed by atoms with van der Waals surface area (Å²) in [4.78, 5) is 15.2. The van der Waals surface area contributed by atoms with Crippen molar-refractivity contribution in [2.75, 3.05) is 36.7 Å². The Kier molecular flexibility index (Phi) is 8.10. The van der Waals surface area contributed by atoms with Crippen molar-refractivity contribution in [1.82, 2.24) is 10.2 Å². The van der Waals surface area contributed by atoms with Crippen molar-refractivity contribution in [3.05, 3.63) is 29.8 Å². The molecule has 0 saturated carbocycles. The lowest BCUT2D eigenvalue weighted by Crippen LogP contribution is -2.50. The van der Waals surface area contributed by atoms with E-state index in [9.17, 15) is 13.2 Å². The second-order valence-electron chi connectivity index (χ2n) is 7.37. The first-order valence-electron chi connectivity index (χ1n) is 9.89. The third-order valence-corrected chi connectivity index (χ3v) is 6.22. The lowest BCUT2D eigenvalue weighted by Gasteiger charge is -2.30. The zero-order valence-electron chi connectivity index (χ0n) is 16.8. The molecule has 1 aliphatic heterocycles. The van der Waals surface area contributed by atoms with Gasteiger partial charge in [-0.25, -0.2) is 8.42 Å². The van der Waals surface area contributed by atoms with E-state index in [1.807, 2.05) is 26.0 Å². The Bertz CT molecular complexity index is 696. The van der Waals surface area contributed by atoms with Crippen LogP contribution >= 0.6 is 0 Å². The average molecular weight is 396 g/mol. The summed E-state index contributed by atoms with van der Waals surface area (Å²) < 4.78 is 26.1. The molecule has 1 saturated heterocycles. The first-order valence-corrected chi connectivity index (χ1v) is 11.7. The second-order valence-corrected chi connectivity index (χ2v) is 9.22. The molecule has 1 atom stereocenters. The van der Waals surface area contributed by atoms with Gasteiger partial charge in [-0.2, -0.15) is 0 Å². The molecule has 1 amide bonds. The molecule has 1 aromatic carbocycles. The van der Waals surface area contributed by atoms with E-state index in [0.717, 1.165) is 31.5 Å². The van der Waals surface area contributed by atoms with Gasteiger partial charge >= 0.3 is 0 Å². The molecule has 0 radical (unpaired) electrons. The fourth-order valence-electron chi connectivity index (χ4n) is 3.57. The van der Waals surface area contributed by atoms with Gasteiger partial charge < -0.3 is 10.2 Å². The minimum atomic E-state index is -3.58. The highest BCUT2D eigenvalue weighted by Gasteiger charge is 2.31. The van der Waals surface area contributed by atoms with Gasteiger partial charge in [0.15, 0.2) is 0 Å². The van der Waals surface area contributed by atoms with Crippen molar-refractivity contribution in [2.45, 2.75) is 52.0 Å². The summed E-state index contributed by atoms with van der Waals surface area (Å²) in [5.41, 5.74) is 1.57. The third-order valence-electron chi connectivity index (χ3n) is 5.04. The maximum absolute atomic E-state index is 12.8. The van der Waals surface area contributed by atoms with Gasteiger partial charge in [0.2, 0.25) is 15.9 Å². The second kappa shape index (κ2) is 10.1. The molecule has 1 aromatic rings. The number of aryl methyl sites for hydroxylation is 1. The summed E-state index contributed by atoms with van der Waals surface area (Å²) >= 11 is 0. The molecule has 1 unspecified atom stereocenters. The molecule has 1 N–H and O–H groups in total. The first-order chi connectivity index (χ1) is 12.8. The number of anilines is 1. The van der Waals surface area contributed by atoms with Crippen LogP contribution in [-0.2, 0) is 14.8 Å². The predicted octanol–water partition coefficient (Wildman–Crippen LogP) is 2.53. The topological polar surface area (TPSA) is 69.7 Å². The molecule has 1 fully saturated rings. The molecule has 1 heterocycles. The van der Waals surface area contributed by atoms with E-state index >= 15 is 0 Å². The monoisotopic (exact) mass is 395 g/mol. The summed E-state index contributed by atoms with van der Waals surface area (Å²) in [5, 5.41) is 2.95. The number of amides is 1. The molecule has 0 spiro atoms.